The van der Waals surface area contributed by atoms with Crippen molar-refractivity contribution in [2.45, 2.75) is 32.6 Å². The summed E-state index contributed by atoms with van der Waals surface area (Å²) in [4.78, 5) is 28.5. The van der Waals surface area contributed by atoms with Crippen molar-refractivity contribution in [3.05, 3.63) is 29.6 Å². The fourth-order valence-corrected chi connectivity index (χ4v) is 3.99. The van der Waals surface area contributed by atoms with Crippen molar-refractivity contribution in [2.75, 3.05) is 38.1 Å². The number of carbonyl (C=O) groups is 2. The number of piperidine rings is 1. The van der Waals surface area contributed by atoms with Crippen LogP contribution in [-0.2, 0) is 9.59 Å². The summed E-state index contributed by atoms with van der Waals surface area (Å²) in [7, 11) is 1.96. The molecule has 2 amide bonds. The van der Waals surface area contributed by atoms with Crippen LogP contribution >= 0.6 is 12.4 Å². The Bertz CT molecular complexity index is 677. The lowest BCUT2D eigenvalue weighted by Crippen LogP contribution is -2.42. The molecule has 1 atom stereocenters. The summed E-state index contributed by atoms with van der Waals surface area (Å²) in [5.41, 5.74) is 1.09. The summed E-state index contributed by atoms with van der Waals surface area (Å²) in [5, 5.41) is 3.17. The molecule has 1 aromatic carbocycles. The van der Waals surface area contributed by atoms with Gasteiger partial charge in [-0.2, -0.15) is 0 Å². The molecular weight excluding hydrogens is 369 g/mol. The van der Waals surface area contributed by atoms with Gasteiger partial charge in [0, 0.05) is 26.1 Å². The predicted molar refractivity (Wildman–Crippen MR) is 107 cm³/mol. The van der Waals surface area contributed by atoms with Gasteiger partial charge in [-0.25, -0.2) is 4.39 Å². The third kappa shape index (κ3) is 4.99. The van der Waals surface area contributed by atoms with Gasteiger partial charge in [0.25, 0.3) is 0 Å². The van der Waals surface area contributed by atoms with E-state index >= 15 is 0 Å². The number of nitrogens with zero attached hydrogens (tertiary/aromatic N) is 2. The Morgan fingerprint density at radius 3 is 2.63 bits per heavy atom. The summed E-state index contributed by atoms with van der Waals surface area (Å²) < 4.78 is 14.2. The zero-order chi connectivity index (χ0) is 18.7. The second kappa shape index (κ2) is 9.51. The van der Waals surface area contributed by atoms with Crippen LogP contribution in [0.15, 0.2) is 18.2 Å². The predicted octanol–water partition coefficient (Wildman–Crippen LogP) is 2.76. The van der Waals surface area contributed by atoms with Crippen LogP contribution in [0.4, 0.5) is 10.1 Å². The smallest absolute Gasteiger partial charge is 0.228 e. The Morgan fingerprint density at radius 1 is 1.30 bits per heavy atom. The maximum absolute atomic E-state index is 14.2. The van der Waals surface area contributed by atoms with E-state index in [0.717, 1.165) is 44.5 Å². The number of rotatable bonds is 5. The first-order valence-corrected chi connectivity index (χ1v) is 9.49. The average molecular weight is 398 g/mol. The summed E-state index contributed by atoms with van der Waals surface area (Å²) in [6.45, 7) is 4.61. The van der Waals surface area contributed by atoms with Crippen LogP contribution in [0.25, 0.3) is 0 Å². The lowest BCUT2D eigenvalue weighted by atomic mass is 9.92. The fourth-order valence-electron chi connectivity index (χ4n) is 3.99. The van der Waals surface area contributed by atoms with E-state index in [2.05, 4.69) is 5.32 Å². The van der Waals surface area contributed by atoms with Gasteiger partial charge in [0.2, 0.25) is 11.8 Å². The van der Waals surface area contributed by atoms with E-state index in [1.807, 2.05) is 18.9 Å². The van der Waals surface area contributed by atoms with E-state index in [1.54, 1.807) is 12.1 Å². The van der Waals surface area contributed by atoms with E-state index in [4.69, 9.17) is 0 Å². The molecule has 2 saturated heterocycles. The van der Waals surface area contributed by atoms with Gasteiger partial charge in [0.1, 0.15) is 5.82 Å². The Labute approximate surface area is 166 Å². The molecule has 0 spiro atoms. The number of hydrogen-bond donors (Lipinski definition) is 1. The minimum absolute atomic E-state index is 0. The zero-order valence-electron chi connectivity index (χ0n) is 16.0. The number of nitrogens with one attached hydrogen (secondary N) is 1. The van der Waals surface area contributed by atoms with Gasteiger partial charge in [0.15, 0.2) is 0 Å². The molecule has 2 aliphatic rings. The van der Waals surface area contributed by atoms with Crippen LogP contribution in [0.3, 0.4) is 0 Å². The monoisotopic (exact) mass is 397 g/mol. The maximum atomic E-state index is 14.2. The number of benzene rings is 1. The lowest BCUT2D eigenvalue weighted by Gasteiger charge is -2.33. The second-order valence-electron chi connectivity index (χ2n) is 7.52. The van der Waals surface area contributed by atoms with Gasteiger partial charge in [0.05, 0.1) is 11.6 Å². The molecule has 0 bridgehead atoms. The molecule has 27 heavy (non-hydrogen) atoms. The minimum Gasteiger partial charge on any atom is -0.342 e. The highest BCUT2D eigenvalue weighted by Crippen LogP contribution is 2.30. The normalized spacial score (nSPS) is 20.7. The molecule has 2 aliphatic heterocycles. The van der Waals surface area contributed by atoms with Gasteiger partial charge in [-0.3, -0.25) is 9.59 Å². The molecule has 2 heterocycles. The van der Waals surface area contributed by atoms with Gasteiger partial charge in [-0.15, -0.1) is 12.4 Å². The molecule has 1 aromatic rings. The summed E-state index contributed by atoms with van der Waals surface area (Å²) in [6, 6.07) is 4.84. The average Bonchev–Trinajstić information content (AvgIpc) is 3.01. The fraction of sp³-hybridized carbons (Fsp3) is 0.600. The van der Waals surface area contributed by atoms with Crippen molar-refractivity contribution in [2.24, 2.45) is 11.8 Å². The van der Waals surface area contributed by atoms with E-state index in [9.17, 15) is 14.0 Å². The first-order valence-electron chi connectivity index (χ1n) is 9.49. The van der Waals surface area contributed by atoms with Crippen LogP contribution in [0.1, 0.15) is 31.2 Å². The largest absolute Gasteiger partial charge is 0.342 e. The third-order valence-electron chi connectivity index (χ3n) is 5.60. The molecule has 0 aliphatic carbocycles. The number of halogens is 2. The molecule has 3 rings (SSSR count). The number of aryl methyl sites for hydroxylation is 1. The number of likely N-dealkylation sites (tertiary alicyclic amines) is 1. The van der Waals surface area contributed by atoms with Crippen LogP contribution < -0.4 is 10.2 Å². The number of hydrogen-bond acceptors (Lipinski definition) is 3. The summed E-state index contributed by atoms with van der Waals surface area (Å²) >= 11 is 0. The molecular formula is C20H29ClFN3O2. The lowest BCUT2D eigenvalue weighted by molar-refractivity contribution is -0.137. The van der Waals surface area contributed by atoms with Crippen LogP contribution in [-0.4, -0.2) is 49.9 Å². The van der Waals surface area contributed by atoms with Crippen molar-refractivity contribution in [3.8, 4) is 0 Å². The van der Waals surface area contributed by atoms with Gasteiger partial charge >= 0.3 is 0 Å². The van der Waals surface area contributed by atoms with Crippen molar-refractivity contribution in [1.29, 1.82) is 0 Å². The quantitative estimate of drug-likeness (QED) is 0.831. The summed E-state index contributed by atoms with van der Waals surface area (Å²) in [5.74, 6) is -0.237. The van der Waals surface area contributed by atoms with Crippen LogP contribution in [0.2, 0.25) is 0 Å². The van der Waals surface area contributed by atoms with E-state index < -0.39 is 5.82 Å². The molecule has 150 valence electrons. The molecule has 2 fully saturated rings. The molecule has 0 saturated carbocycles. The van der Waals surface area contributed by atoms with Crippen molar-refractivity contribution < 1.29 is 14.0 Å². The molecule has 5 nitrogen and oxygen atoms in total. The van der Waals surface area contributed by atoms with Gasteiger partial charge < -0.3 is 15.1 Å². The standard InChI is InChI=1S/C20H28FN3O2.ClH/c1-14-3-4-18(17(21)11-14)24-13-16(12-19(24)25)20(26)23-9-6-15(7-10-23)5-8-22-2;/h3-4,11,15-16,22H,5-10,12-13H2,1-2H3;1H. The Hall–Kier alpha value is -1.66. The highest BCUT2D eigenvalue weighted by atomic mass is 35.5. The van der Waals surface area contributed by atoms with Crippen molar-refractivity contribution in [3.63, 3.8) is 0 Å². The van der Waals surface area contributed by atoms with Crippen LogP contribution in [0.5, 0.6) is 0 Å². The highest BCUT2D eigenvalue weighted by Gasteiger charge is 2.38. The minimum atomic E-state index is -0.406. The van der Waals surface area contributed by atoms with Crippen molar-refractivity contribution in [1.82, 2.24) is 10.2 Å². The SMILES string of the molecule is CNCCC1CCN(C(=O)C2CC(=O)N(c3ccc(C)cc3F)C2)CC1.Cl. The van der Waals surface area contributed by atoms with E-state index in [0.29, 0.717) is 5.92 Å². The van der Waals surface area contributed by atoms with Crippen molar-refractivity contribution >= 4 is 29.9 Å². The topological polar surface area (TPSA) is 52.7 Å². The first-order chi connectivity index (χ1) is 12.5. The van der Waals surface area contributed by atoms with E-state index in [-0.39, 0.29) is 48.8 Å². The zero-order valence-corrected chi connectivity index (χ0v) is 16.9. The number of anilines is 1. The molecule has 1 N–H and O–H groups in total. The maximum Gasteiger partial charge on any atom is 0.228 e. The summed E-state index contributed by atoms with van der Waals surface area (Å²) in [6.07, 6.45) is 3.35. The third-order valence-corrected chi connectivity index (χ3v) is 5.60. The molecule has 0 aromatic heterocycles. The molecule has 0 radical (unpaired) electrons. The molecule has 1 unspecified atom stereocenters. The van der Waals surface area contributed by atoms with E-state index in [1.165, 1.54) is 11.0 Å². The second-order valence-corrected chi connectivity index (χ2v) is 7.52. The first kappa shape index (κ1) is 21.6. The number of amides is 2. The number of carbonyl (C=O) groups excluding carboxylic acids is 2. The van der Waals surface area contributed by atoms with Gasteiger partial charge in [-0.05, 0) is 63.4 Å². The Balaban J connectivity index is 0.00000261. The van der Waals surface area contributed by atoms with Crippen LogP contribution in [0, 0.1) is 24.6 Å². The highest BCUT2D eigenvalue weighted by molar-refractivity contribution is 6.00. The molecule has 7 heteroatoms. The van der Waals surface area contributed by atoms with Gasteiger partial charge in [-0.1, -0.05) is 6.07 Å². The Morgan fingerprint density at radius 2 is 2.00 bits per heavy atom. The Kier molecular flexibility index (Phi) is 7.62.